The second kappa shape index (κ2) is 12.0. The van der Waals surface area contributed by atoms with Crippen LogP contribution in [0.3, 0.4) is 0 Å². The molecule has 2 aromatic carbocycles. The molecule has 1 fully saturated rings. The zero-order valence-corrected chi connectivity index (χ0v) is 21.1. The number of Topliss-reactive ketones (excluding diaryl/α,β-unsaturated/α-hetero) is 1. The summed E-state index contributed by atoms with van der Waals surface area (Å²) in [5, 5.41) is 2.96. The molecule has 8 heteroatoms. The first-order chi connectivity index (χ1) is 17.5. The van der Waals surface area contributed by atoms with Crippen molar-refractivity contribution in [2.45, 2.75) is 45.6 Å². The third-order valence-electron chi connectivity index (χ3n) is 6.78. The number of likely N-dealkylation sites (tertiary alicyclic amines) is 1. The van der Waals surface area contributed by atoms with Gasteiger partial charge >= 0.3 is 0 Å². The molecule has 36 heavy (non-hydrogen) atoms. The van der Waals surface area contributed by atoms with Gasteiger partial charge in [-0.1, -0.05) is 25.5 Å². The predicted molar refractivity (Wildman–Crippen MR) is 138 cm³/mol. The van der Waals surface area contributed by atoms with Crippen LogP contribution in [-0.2, 0) is 16.0 Å². The molecular formula is C28H35N3O5. The summed E-state index contributed by atoms with van der Waals surface area (Å²) in [7, 11) is 0. The van der Waals surface area contributed by atoms with E-state index in [9.17, 15) is 14.4 Å². The fourth-order valence-corrected chi connectivity index (χ4v) is 4.64. The van der Waals surface area contributed by atoms with Gasteiger partial charge in [0.1, 0.15) is 17.5 Å². The molecule has 2 aliphatic rings. The Hall–Kier alpha value is -3.39. The average Bonchev–Trinajstić information content (AvgIpc) is 2.91. The minimum atomic E-state index is -0.736. The van der Waals surface area contributed by atoms with Gasteiger partial charge in [-0.25, -0.2) is 0 Å². The monoisotopic (exact) mass is 493 g/mol. The van der Waals surface area contributed by atoms with Gasteiger partial charge in [0.25, 0.3) is 5.91 Å². The predicted octanol–water partition coefficient (Wildman–Crippen LogP) is 3.23. The number of fused-ring (bicyclic) bond motifs is 1. The summed E-state index contributed by atoms with van der Waals surface area (Å²) in [4.78, 5) is 42.4. The number of hydrogen-bond acceptors (Lipinski definition) is 6. The van der Waals surface area contributed by atoms with Gasteiger partial charge in [0.15, 0.2) is 19.0 Å². The maximum absolute atomic E-state index is 12.9. The molecule has 0 unspecified atom stereocenters. The summed E-state index contributed by atoms with van der Waals surface area (Å²) < 4.78 is 11.3. The molecule has 192 valence electrons. The Morgan fingerprint density at radius 1 is 1.11 bits per heavy atom. The lowest BCUT2D eigenvalue weighted by molar-refractivity contribution is -0.127. The second-order valence-corrected chi connectivity index (χ2v) is 9.32. The van der Waals surface area contributed by atoms with E-state index in [1.165, 1.54) is 24.2 Å². The molecule has 0 saturated carbocycles. The smallest absolute Gasteiger partial charge is 0.265 e. The van der Waals surface area contributed by atoms with Crippen molar-refractivity contribution in [3.8, 4) is 11.5 Å². The Morgan fingerprint density at radius 3 is 2.69 bits per heavy atom. The van der Waals surface area contributed by atoms with E-state index in [-0.39, 0.29) is 30.8 Å². The Balaban J connectivity index is 1.41. The summed E-state index contributed by atoms with van der Waals surface area (Å²) in [6.07, 6.45) is 4.53. The fourth-order valence-electron chi connectivity index (χ4n) is 4.64. The highest BCUT2D eigenvalue weighted by Crippen LogP contribution is 2.34. The number of aryl methyl sites for hydroxylation is 1. The largest absolute Gasteiger partial charge is 0.485 e. The van der Waals surface area contributed by atoms with Gasteiger partial charge in [-0.15, -0.1) is 0 Å². The average molecular weight is 494 g/mol. The van der Waals surface area contributed by atoms with Crippen molar-refractivity contribution in [1.82, 2.24) is 10.2 Å². The van der Waals surface area contributed by atoms with Crippen LogP contribution in [0, 0.1) is 0 Å². The molecule has 8 nitrogen and oxygen atoms in total. The standard InChI is InChI=1S/C28H35N3O5/c1-3-21-8-7-9-23(16-21)35-18-25(32)22-10-11-26-24(17-22)31(27(33)19-36-26)20(2)28(34)29-12-15-30-13-5-4-6-14-30/h7-11,16-17,20H,3-6,12-15,18-19H2,1-2H3,(H,29,34)/t20-/m1/s1. The van der Waals surface area contributed by atoms with E-state index in [2.05, 4.69) is 17.1 Å². The topological polar surface area (TPSA) is 88.2 Å². The number of nitrogens with zero attached hydrogens (tertiary/aromatic N) is 2. The molecule has 0 bridgehead atoms. The lowest BCUT2D eigenvalue weighted by atomic mass is 10.1. The Labute approximate surface area is 212 Å². The first-order valence-electron chi connectivity index (χ1n) is 12.8. The summed E-state index contributed by atoms with van der Waals surface area (Å²) in [5.41, 5.74) is 1.94. The summed E-state index contributed by atoms with van der Waals surface area (Å²) >= 11 is 0. The minimum absolute atomic E-state index is 0.132. The van der Waals surface area contributed by atoms with E-state index in [1.807, 2.05) is 24.3 Å². The van der Waals surface area contributed by atoms with Gasteiger partial charge in [-0.05, 0) is 75.2 Å². The molecule has 1 atom stereocenters. The highest BCUT2D eigenvalue weighted by atomic mass is 16.5. The summed E-state index contributed by atoms with van der Waals surface area (Å²) in [6.45, 7) is 6.92. The molecule has 1 saturated heterocycles. The first-order valence-corrected chi connectivity index (χ1v) is 12.8. The van der Waals surface area contributed by atoms with Gasteiger partial charge in [-0.2, -0.15) is 0 Å². The number of ether oxygens (including phenoxy) is 2. The Kier molecular flexibility index (Phi) is 8.59. The van der Waals surface area contributed by atoms with Crippen LogP contribution in [0.25, 0.3) is 0 Å². The van der Waals surface area contributed by atoms with Crippen molar-refractivity contribution < 1.29 is 23.9 Å². The molecule has 2 amide bonds. The van der Waals surface area contributed by atoms with Gasteiger partial charge < -0.3 is 19.7 Å². The van der Waals surface area contributed by atoms with Crippen molar-refractivity contribution in [3.63, 3.8) is 0 Å². The molecule has 0 aromatic heterocycles. The maximum atomic E-state index is 12.9. The number of carbonyl (C=O) groups is 3. The quantitative estimate of drug-likeness (QED) is 0.512. The van der Waals surface area contributed by atoms with E-state index in [0.29, 0.717) is 29.3 Å². The number of piperidine rings is 1. The van der Waals surface area contributed by atoms with Gasteiger partial charge in [0.05, 0.1) is 5.69 Å². The molecular weight excluding hydrogens is 458 g/mol. The molecule has 2 heterocycles. The van der Waals surface area contributed by atoms with Gasteiger partial charge in [0, 0.05) is 18.7 Å². The number of carbonyl (C=O) groups excluding carboxylic acids is 3. The van der Waals surface area contributed by atoms with Crippen molar-refractivity contribution in [2.24, 2.45) is 0 Å². The zero-order chi connectivity index (χ0) is 25.5. The van der Waals surface area contributed by atoms with Crippen molar-refractivity contribution >= 4 is 23.3 Å². The first kappa shape index (κ1) is 25.7. The van der Waals surface area contributed by atoms with Crippen LogP contribution in [0.5, 0.6) is 11.5 Å². The molecule has 1 N–H and O–H groups in total. The molecule has 0 spiro atoms. The third-order valence-corrected chi connectivity index (χ3v) is 6.78. The van der Waals surface area contributed by atoms with E-state index in [1.54, 1.807) is 25.1 Å². The van der Waals surface area contributed by atoms with Crippen LogP contribution in [0.1, 0.15) is 49.0 Å². The summed E-state index contributed by atoms with van der Waals surface area (Å²) in [5.74, 6) is 0.324. The van der Waals surface area contributed by atoms with Crippen molar-refractivity contribution in [2.75, 3.05) is 44.3 Å². The van der Waals surface area contributed by atoms with E-state index < -0.39 is 6.04 Å². The molecule has 2 aromatic rings. The lowest BCUT2D eigenvalue weighted by Gasteiger charge is -2.34. The number of anilines is 1. The Bertz CT molecular complexity index is 1100. The molecule has 4 rings (SSSR count). The highest BCUT2D eigenvalue weighted by molar-refractivity contribution is 6.05. The number of nitrogens with one attached hydrogen (secondary N) is 1. The molecule has 0 radical (unpaired) electrons. The zero-order valence-electron chi connectivity index (χ0n) is 21.1. The Morgan fingerprint density at radius 2 is 1.92 bits per heavy atom. The number of benzene rings is 2. The second-order valence-electron chi connectivity index (χ2n) is 9.32. The third kappa shape index (κ3) is 6.23. The van der Waals surface area contributed by atoms with Crippen LogP contribution < -0.4 is 19.7 Å². The molecule has 0 aliphatic carbocycles. The number of ketones is 1. The van der Waals surface area contributed by atoms with E-state index >= 15 is 0 Å². The van der Waals surface area contributed by atoms with E-state index in [4.69, 9.17) is 9.47 Å². The van der Waals surface area contributed by atoms with Crippen LogP contribution >= 0.6 is 0 Å². The normalized spacial score (nSPS) is 16.6. The fraction of sp³-hybridized carbons (Fsp3) is 0.464. The highest BCUT2D eigenvalue weighted by Gasteiger charge is 2.33. The minimum Gasteiger partial charge on any atom is -0.485 e. The van der Waals surface area contributed by atoms with Crippen LogP contribution in [0.4, 0.5) is 5.69 Å². The molecule has 2 aliphatic heterocycles. The number of hydrogen-bond donors (Lipinski definition) is 1. The summed E-state index contributed by atoms with van der Waals surface area (Å²) in [6, 6.07) is 11.8. The number of rotatable bonds is 10. The van der Waals surface area contributed by atoms with Crippen molar-refractivity contribution in [1.29, 1.82) is 0 Å². The lowest BCUT2D eigenvalue weighted by Crippen LogP contribution is -2.52. The van der Waals surface area contributed by atoms with Gasteiger partial charge in [0.2, 0.25) is 5.91 Å². The SMILES string of the molecule is CCc1cccc(OCC(=O)c2ccc3c(c2)N([C@H](C)C(=O)NCCN2CCCCC2)C(=O)CO3)c1. The van der Waals surface area contributed by atoms with Crippen LogP contribution in [0.15, 0.2) is 42.5 Å². The van der Waals surface area contributed by atoms with Crippen molar-refractivity contribution in [3.05, 3.63) is 53.6 Å². The number of amides is 2. The van der Waals surface area contributed by atoms with Crippen LogP contribution in [-0.4, -0.2) is 67.9 Å². The maximum Gasteiger partial charge on any atom is 0.265 e. The van der Waals surface area contributed by atoms with Crippen LogP contribution in [0.2, 0.25) is 0 Å². The van der Waals surface area contributed by atoms with E-state index in [0.717, 1.165) is 31.6 Å². The van der Waals surface area contributed by atoms with Gasteiger partial charge in [-0.3, -0.25) is 19.3 Å².